The number of esters is 1. The lowest BCUT2D eigenvalue weighted by Gasteiger charge is -2.22. The molecular formula is C15H19F3N2O4. The number of carbonyl (C=O) groups excluding carboxylic acids is 2. The van der Waals surface area contributed by atoms with Gasteiger partial charge in [-0.15, -0.1) is 0 Å². The van der Waals surface area contributed by atoms with Gasteiger partial charge < -0.3 is 14.8 Å². The molecule has 0 aliphatic carbocycles. The molecule has 0 saturated heterocycles. The van der Waals surface area contributed by atoms with Gasteiger partial charge >= 0.3 is 18.2 Å². The highest BCUT2D eigenvalue weighted by Gasteiger charge is 2.32. The SMILES string of the molecule is COC(=O)[C@@H](Cc1ccc(C(F)(F)F)nc1)NC(=O)OC(C)(C)C. The molecule has 0 aliphatic heterocycles. The highest BCUT2D eigenvalue weighted by Crippen LogP contribution is 2.27. The molecule has 0 aliphatic rings. The van der Waals surface area contributed by atoms with Crippen LogP contribution >= 0.6 is 0 Å². The number of carbonyl (C=O) groups is 2. The molecule has 1 heterocycles. The normalized spacial score (nSPS) is 13.1. The van der Waals surface area contributed by atoms with Gasteiger partial charge in [0.05, 0.1) is 7.11 Å². The molecule has 9 heteroatoms. The predicted molar refractivity (Wildman–Crippen MR) is 78.1 cm³/mol. The fraction of sp³-hybridized carbons (Fsp3) is 0.533. The molecule has 0 aromatic carbocycles. The number of methoxy groups -OCH3 is 1. The molecule has 0 saturated carbocycles. The summed E-state index contributed by atoms with van der Waals surface area (Å²) in [7, 11) is 1.14. The average Bonchev–Trinajstić information content (AvgIpc) is 2.43. The Bertz CT molecular complexity index is 580. The van der Waals surface area contributed by atoms with E-state index in [0.717, 1.165) is 19.4 Å². The van der Waals surface area contributed by atoms with Crippen LogP contribution < -0.4 is 5.32 Å². The summed E-state index contributed by atoms with van der Waals surface area (Å²) in [6.07, 6.45) is -4.47. The summed E-state index contributed by atoms with van der Waals surface area (Å²) < 4.78 is 47.1. The third-order valence-corrected chi connectivity index (χ3v) is 2.73. The number of rotatable bonds is 4. The Balaban J connectivity index is 2.83. The van der Waals surface area contributed by atoms with Crippen molar-refractivity contribution >= 4 is 12.1 Å². The Morgan fingerprint density at radius 2 is 1.88 bits per heavy atom. The summed E-state index contributed by atoms with van der Waals surface area (Å²) >= 11 is 0. The fourth-order valence-corrected chi connectivity index (χ4v) is 1.73. The van der Waals surface area contributed by atoms with Crippen LogP contribution in [0.15, 0.2) is 18.3 Å². The van der Waals surface area contributed by atoms with Gasteiger partial charge in [0.2, 0.25) is 0 Å². The van der Waals surface area contributed by atoms with E-state index in [9.17, 15) is 22.8 Å². The molecule has 0 bridgehead atoms. The quantitative estimate of drug-likeness (QED) is 0.847. The molecule has 0 fully saturated rings. The number of hydrogen-bond donors (Lipinski definition) is 1. The molecular weight excluding hydrogens is 329 g/mol. The number of pyridine rings is 1. The maximum atomic E-state index is 12.5. The van der Waals surface area contributed by atoms with Crippen LogP contribution in [-0.2, 0) is 26.9 Å². The highest BCUT2D eigenvalue weighted by atomic mass is 19.4. The van der Waals surface area contributed by atoms with Crippen molar-refractivity contribution in [3.8, 4) is 0 Å². The van der Waals surface area contributed by atoms with Gasteiger partial charge in [-0.1, -0.05) is 6.07 Å². The van der Waals surface area contributed by atoms with Crippen LogP contribution in [0.5, 0.6) is 0 Å². The standard InChI is InChI=1S/C15H19F3N2O4/c1-14(2,3)24-13(22)20-10(12(21)23-4)7-9-5-6-11(19-8-9)15(16,17)18/h5-6,8,10H,7H2,1-4H3,(H,20,22)/t10-/m1/s1. The van der Waals surface area contributed by atoms with E-state index in [1.807, 2.05) is 0 Å². The van der Waals surface area contributed by atoms with E-state index >= 15 is 0 Å². The summed E-state index contributed by atoms with van der Waals surface area (Å²) in [5.41, 5.74) is -1.48. The van der Waals surface area contributed by atoms with Gasteiger partial charge in [-0.25, -0.2) is 9.59 Å². The minimum Gasteiger partial charge on any atom is -0.467 e. The van der Waals surface area contributed by atoms with Gasteiger partial charge in [0.1, 0.15) is 17.3 Å². The predicted octanol–water partition coefficient (Wildman–Crippen LogP) is 2.71. The summed E-state index contributed by atoms with van der Waals surface area (Å²) in [5, 5.41) is 2.33. The number of alkyl carbamates (subject to hydrolysis) is 1. The lowest BCUT2D eigenvalue weighted by Crippen LogP contribution is -2.45. The van der Waals surface area contributed by atoms with Crippen molar-refractivity contribution in [3.05, 3.63) is 29.6 Å². The molecule has 1 rings (SSSR count). The summed E-state index contributed by atoms with van der Waals surface area (Å²) in [6, 6.07) is 0.878. The molecule has 1 amide bonds. The first-order chi connectivity index (χ1) is 10.9. The van der Waals surface area contributed by atoms with Gasteiger partial charge in [-0.2, -0.15) is 13.2 Å². The summed E-state index contributed by atoms with van der Waals surface area (Å²) in [4.78, 5) is 26.8. The molecule has 24 heavy (non-hydrogen) atoms. The molecule has 0 radical (unpaired) electrons. The minimum absolute atomic E-state index is 0.0863. The van der Waals surface area contributed by atoms with Gasteiger partial charge in [0, 0.05) is 12.6 Å². The van der Waals surface area contributed by atoms with Gasteiger partial charge in [0.25, 0.3) is 0 Å². The van der Waals surface area contributed by atoms with E-state index in [2.05, 4.69) is 15.0 Å². The minimum atomic E-state index is -4.55. The Morgan fingerprint density at radius 3 is 2.29 bits per heavy atom. The number of nitrogens with zero attached hydrogens (tertiary/aromatic N) is 1. The maximum Gasteiger partial charge on any atom is 0.433 e. The van der Waals surface area contributed by atoms with Gasteiger partial charge in [-0.3, -0.25) is 4.98 Å². The third kappa shape index (κ3) is 6.43. The summed E-state index contributed by atoms with van der Waals surface area (Å²) in [5.74, 6) is -0.749. The molecule has 0 spiro atoms. The maximum absolute atomic E-state index is 12.5. The Kier molecular flexibility index (Phi) is 6.16. The second kappa shape index (κ2) is 7.50. The van der Waals surface area contributed by atoms with Crippen LogP contribution in [-0.4, -0.2) is 35.8 Å². The molecule has 1 atom stereocenters. The zero-order valence-electron chi connectivity index (χ0n) is 13.7. The van der Waals surface area contributed by atoms with Crippen molar-refractivity contribution in [2.24, 2.45) is 0 Å². The number of alkyl halides is 3. The van der Waals surface area contributed by atoms with Crippen LogP contribution in [0.2, 0.25) is 0 Å². The highest BCUT2D eigenvalue weighted by molar-refractivity contribution is 5.81. The molecule has 0 unspecified atom stereocenters. The van der Waals surface area contributed by atoms with Crippen molar-refractivity contribution in [2.75, 3.05) is 7.11 Å². The zero-order chi connectivity index (χ0) is 18.5. The van der Waals surface area contributed by atoms with Gasteiger partial charge in [-0.05, 0) is 32.4 Å². The Hall–Kier alpha value is -2.32. The van der Waals surface area contributed by atoms with E-state index in [1.165, 1.54) is 6.07 Å². The Morgan fingerprint density at radius 1 is 1.25 bits per heavy atom. The first-order valence-corrected chi connectivity index (χ1v) is 7.02. The summed E-state index contributed by atoms with van der Waals surface area (Å²) in [6.45, 7) is 4.96. The largest absolute Gasteiger partial charge is 0.467 e. The van der Waals surface area contributed by atoms with Crippen molar-refractivity contribution in [1.29, 1.82) is 0 Å². The van der Waals surface area contributed by atoms with E-state index in [1.54, 1.807) is 20.8 Å². The van der Waals surface area contributed by atoms with Crippen molar-refractivity contribution in [3.63, 3.8) is 0 Å². The van der Waals surface area contributed by atoms with Crippen LogP contribution in [0, 0.1) is 0 Å². The van der Waals surface area contributed by atoms with Crippen LogP contribution in [0.1, 0.15) is 32.0 Å². The van der Waals surface area contributed by atoms with E-state index < -0.39 is 35.6 Å². The lowest BCUT2D eigenvalue weighted by atomic mass is 10.1. The third-order valence-electron chi connectivity index (χ3n) is 2.73. The smallest absolute Gasteiger partial charge is 0.433 e. The first kappa shape index (κ1) is 19.7. The Labute approximate surface area is 137 Å². The number of halogens is 3. The average molecular weight is 348 g/mol. The lowest BCUT2D eigenvalue weighted by molar-refractivity contribution is -0.143. The van der Waals surface area contributed by atoms with Gasteiger partial charge in [0.15, 0.2) is 0 Å². The van der Waals surface area contributed by atoms with Crippen LogP contribution in [0.3, 0.4) is 0 Å². The van der Waals surface area contributed by atoms with Crippen molar-refractivity contribution < 1.29 is 32.2 Å². The number of ether oxygens (including phenoxy) is 2. The molecule has 6 nitrogen and oxygen atoms in total. The monoisotopic (exact) mass is 348 g/mol. The van der Waals surface area contributed by atoms with Crippen molar-refractivity contribution in [1.82, 2.24) is 10.3 Å². The fourth-order valence-electron chi connectivity index (χ4n) is 1.73. The van der Waals surface area contributed by atoms with Crippen LogP contribution in [0.4, 0.5) is 18.0 Å². The number of amides is 1. The zero-order valence-corrected chi connectivity index (χ0v) is 13.7. The molecule has 1 aromatic rings. The molecule has 134 valence electrons. The van der Waals surface area contributed by atoms with E-state index in [0.29, 0.717) is 5.56 Å². The number of hydrogen-bond acceptors (Lipinski definition) is 5. The van der Waals surface area contributed by atoms with Crippen LogP contribution in [0.25, 0.3) is 0 Å². The second-order valence-corrected chi connectivity index (χ2v) is 5.98. The topological polar surface area (TPSA) is 77.5 Å². The number of aromatic nitrogens is 1. The number of nitrogens with one attached hydrogen (secondary N) is 1. The van der Waals surface area contributed by atoms with E-state index in [-0.39, 0.29) is 6.42 Å². The molecule has 1 N–H and O–H groups in total. The first-order valence-electron chi connectivity index (χ1n) is 7.02. The van der Waals surface area contributed by atoms with E-state index in [4.69, 9.17) is 4.74 Å². The second-order valence-electron chi connectivity index (χ2n) is 5.98. The molecule has 1 aromatic heterocycles. The van der Waals surface area contributed by atoms with Crippen molar-refractivity contribution in [2.45, 2.75) is 45.0 Å².